The topological polar surface area (TPSA) is 83.7 Å². The Labute approximate surface area is 117 Å². The van der Waals surface area contributed by atoms with Gasteiger partial charge < -0.3 is 10.0 Å². The molecule has 1 aliphatic rings. The Kier molecular flexibility index (Phi) is 3.65. The molecule has 20 heavy (non-hydrogen) atoms. The number of anilines is 1. The van der Waals surface area contributed by atoms with Crippen LogP contribution in [0.25, 0.3) is 0 Å². The van der Waals surface area contributed by atoms with Gasteiger partial charge in [0.1, 0.15) is 0 Å². The van der Waals surface area contributed by atoms with Crippen molar-refractivity contribution in [3.63, 3.8) is 0 Å². The fourth-order valence-electron chi connectivity index (χ4n) is 2.51. The third-order valence-electron chi connectivity index (χ3n) is 4.13. The lowest BCUT2D eigenvalue weighted by atomic mass is 9.80. The van der Waals surface area contributed by atoms with Gasteiger partial charge in [0, 0.05) is 30.9 Å². The highest BCUT2D eigenvalue weighted by molar-refractivity contribution is 5.74. The quantitative estimate of drug-likeness (QED) is 0.678. The Morgan fingerprint density at radius 1 is 1.40 bits per heavy atom. The van der Waals surface area contributed by atoms with Crippen molar-refractivity contribution in [2.75, 3.05) is 18.0 Å². The van der Waals surface area contributed by atoms with E-state index in [1.54, 1.807) is 19.1 Å². The number of carboxylic acid groups (broad SMARTS) is 1. The lowest BCUT2D eigenvalue weighted by molar-refractivity contribution is -0.384. The second-order valence-corrected chi connectivity index (χ2v) is 5.58. The van der Waals surface area contributed by atoms with Crippen molar-refractivity contribution < 1.29 is 14.8 Å². The van der Waals surface area contributed by atoms with E-state index in [0.717, 1.165) is 11.3 Å². The van der Waals surface area contributed by atoms with E-state index >= 15 is 0 Å². The van der Waals surface area contributed by atoms with Gasteiger partial charge in [-0.15, -0.1) is 0 Å². The monoisotopic (exact) mass is 278 g/mol. The minimum Gasteiger partial charge on any atom is -0.481 e. The number of nitro benzene ring substituents is 1. The van der Waals surface area contributed by atoms with Gasteiger partial charge in [0.25, 0.3) is 5.69 Å². The van der Waals surface area contributed by atoms with Crippen molar-refractivity contribution in [2.45, 2.75) is 26.7 Å². The number of benzene rings is 1. The van der Waals surface area contributed by atoms with Crippen LogP contribution >= 0.6 is 0 Å². The largest absolute Gasteiger partial charge is 0.481 e. The van der Waals surface area contributed by atoms with Crippen molar-refractivity contribution in [3.05, 3.63) is 33.9 Å². The van der Waals surface area contributed by atoms with Crippen LogP contribution in [0, 0.1) is 22.5 Å². The van der Waals surface area contributed by atoms with Crippen LogP contribution in [0.2, 0.25) is 0 Å². The van der Waals surface area contributed by atoms with Crippen LogP contribution in [0.1, 0.15) is 25.3 Å². The van der Waals surface area contributed by atoms with Gasteiger partial charge in [0.15, 0.2) is 0 Å². The summed E-state index contributed by atoms with van der Waals surface area (Å²) in [4.78, 5) is 23.7. The summed E-state index contributed by atoms with van der Waals surface area (Å²) in [5.41, 5.74) is 1.17. The summed E-state index contributed by atoms with van der Waals surface area (Å²) >= 11 is 0. The lowest BCUT2D eigenvalue weighted by Gasteiger charge is -2.38. The summed E-state index contributed by atoms with van der Waals surface area (Å²) in [6, 6.07) is 4.79. The Hall–Kier alpha value is -2.11. The number of carbonyl (C=O) groups is 1. The zero-order valence-corrected chi connectivity index (χ0v) is 11.6. The lowest BCUT2D eigenvalue weighted by Crippen LogP contribution is -2.42. The van der Waals surface area contributed by atoms with Gasteiger partial charge >= 0.3 is 5.97 Å². The fraction of sp³-hybridized carbons (Fsp3) is 0.500. The Morgan fingerprint density at radius 2 is 2.00 bits per heavy atom. The number of hydrogen-bond acceptors (Lipinski definition) is 4. The number of piperidine rings is 1. The molecule has 0 saturated carbocycles. The van der Waals surface area contributed by atoms with E-state index in [-0.39, 0.29) is 5.69 Å². The number of nitrogens with zero attached hydrogens (tertiary/aromatic N) is 2. The van der Waals surface area contributed by atoms with Crippen LogP contribution in [0.3, 0.4) is 0 Å². The number of nitro groups is 1. The molecular weight excluding hydrogens is 260 g/mol. The minimum absolute atomic E-state index is 0.0668. The molecule has 0 amide bonds. The van der Waals surface area contributed by atoms with Crippen LogP contribution in [0.5, 0.6) is 0 Å². The summed E-state index contributed by atoms with van der Waals surface area (Å²) in [6.45, 7) is 4.87. The van der Waals surface area contributed by atoms with Crippen LogP contribution in [0.4, 0.5) is 11.4 Å². The fourth-order valence-corrected chi connectivity index (χ4v) is 2.51. The normalized spacial score (nSPS) is 17.8. The molecule has 0 aromatic heterocycles. The molecular formula is C14H18N2O4. The standard InChI is InChI=1S/C14H18N2O4/c1-10-3-4-11(16(19)20)9-12(10)15-7-5-14(2,6-8-15)13(17)18/h3-4,9H,5-8H2,1-2H3,(H,17,18). The molecule has 0 spiro atoms. The van der Waals surface area contributed by atoms with Crippen LogP contribution < -0.4 is 4.90 Å². The molecule has 1 fully saturated rings. The maximum Gasteiger partial charge on any atom is 0.309 e. The Bertz CT molecular complexity index is 548. The molecule has 0 bridgehead atoms. The molecule has 108 valence electrons. The number of hydrogen-bond donors (Lipinski definition) is 1. The molecule has 1 aromatic carbocycles. The average molecular weight is 278 g/mol. The van der Waals surface area contributed by atoms with Crippen LogP contribution in [-0.2, 0) is 4.79 Å². The smallest absolute Gasteiger partial charge is 0.309 e. The summed E-state index contributed by atoms with van der Waals surface area (Å²) in [6.07, 6.45) is 1.09. The second-order valence-electron chi connectivity index (χ2n) is 5.58. The van der Waals surface area contributed by atoms with Crippen molar-refractivity contribution in [1.82, 2.24) is 0 Å². The van der Waals surface area contributed by atoms with Crippen molar-refractivity contribution in [3.8, 4) is 0 Å². The highest BCUT2D eigenvalue weighted by Gasteiger charge is 2.37. The summed E-state index contributed by atoms with van der Waals surface area (Å²) in [5.74, 6) is -0.770. The number of non-ortho nitro benzene ring substituents is 1. The van der Waals surface area contributed by atoms with Crippen molar-refractivity contribution >= 4 is 17.3 Å². The third-order valence-corrected chi connectivity index (χ3v) is 4.13. The average Bonchev–Trinajstić information content (AvgIpc) is 2.40. The first-order chi connectivity index (χ1) is 9.33. The van der Waals surface area contributed by atoms with Gasteiger partial charge in [0.05, 0.1) is 10.3 Å². The number of aliphatic carboxylic acids is 1. The highest BCUT2D eigenvalue weighted by atomic mass is 16.6. The Morgan fingerprint density at radius 3 is 2.50 bits per heavy atom. The molecule has 1 heterocycles. The molecule has 1 N–H and O–H groups in total. The van der Waals surface area contributed by atoms with Gasteiger partial charge in [-0.25, -0.2) is 0 Å². The van der Waals surface area contributed by atoms with E-state index in [9.17, 15) is 20.0 Å². The first-order valence-corrected chi connectivity index (χ1v) is 6.57. The maximum absolute atomic E-state index is 11.2. The molecule has 1 aliphatic heterocycles. The molecule has 6 nitrogen and oxygen atoms in total. The summed E-state index contributed by atoms with van der Waals surface area (Å²) in [7, 11) is 0. The number of carboxylic acids is 1. The van der Waals surface area contributed by atoms with E-state index in [1.165, 1.54) is 6.07 Å². The zero-order chi connectivity index (χ0) is 14.9. The van der Waals surface area contributed by atoms with E-state index in [4.69, 9.17) is 0 Å². The summed E-state index contributed by atoms with van der Waals surface area (Å²) < 4.78 is 0. The zero-order valence-electron chi connectivity index (χ0n) is 11.6. The predicted molar refractivity (Wildman–Crippen MR) is 75.0 cm³/mol. The van der Waals surface area contributed by atoms with Gasteiger partial charge in [-0.05, 0) is 32.3 Å². The number of rotatable bonds is 3. The van der Waals surface area contributed by atoms with Gasteiger partial charge in [-0.3, -0.25) is 14.9 Å². The SMILES string of the molecule is Cc1ccc([N+](=O)[O-])cc1N1CCC(C)(C(=O)O)CC1. The number of aryl methyl sites for hydroxylation is 1. The molecule has 0 radical (unpaired) electrons. The molecule has 0 aliphatic carbocycles. The molecule has 1 aromatic rings. The summed E-state index contributed by atoms with van der Waals surface area (Å²) in [5, 5.41) is 20.1. The molecule has 0 atom stereocenters. The van der Waals surface area contributed by atoms with E-state index < -0.39 is 16.3 Å². The Balaban J connectivity index is 2.20. The molecule has 1 saturated heterocycles. The van der Waals surface area contributed by atoms with Crippen LogP contribution in [0.15, 0.2) is 18.2 Å². The van der Waals surface area contributed by atoms with Gasteiger partial charge in [-0.1, -0.05) is 6.07 Å². The third kappa shape index (κ3) is 2.59. The maximum atomic E-state index is 11.2. The molecule has 0 unspecified atom stereocenters. The van der Waals surface area contributed by atoms with Crippen LogP contribution in [-0.4, -0.2) is 29.1 Å². The van der Waals surface area contributed by atoms with Crippen molar-refractivity contribution in [2.24, 2.45) is 5.41 Å². The molecule has 6 heteroatoms. The van der Waals surface area contributed by atoms with Gasteiger partial charge in [0.2, 0.25) is 0 Å². The predicted octanol–water partition coefficient (Wildman–Crippen LogP) is 2.59. The van der Waals surface area contributed by atoms with E-state index in [2.05, 4.69) is 0 Å². The second kappa shape index (κ2) is 5.11. The first-order valence-electron chi connectivity index (χ1n) is 6.57. The van der Waals surface area contributed by atoms with E-state index in [1.807, 2.05) is 11.8 Å². The van der Waals surface area contributed by atoms with Crippen molar-refractivity contribution in [1.29, 1.82) is 0 Å². The molecule has 2 rings (SSSR count). The first kappa shape index (κ1) is 14.3. The van der Waals surface area contributed by atoms with E-state index in [0.29, 0.717) is 25.9 Å². The van der Waals surface area contributed by atoms with Gasteiger partial charge in [-0.2, -0.15) is 0 Å². The highest BCUT2D eigenvalue weighted by Crippen LogP contribution is 2.35. The minimum atomic E-state index is -0.770.